The highest BCUT2D eigenvalue weighted by Crippen LogP contribution is 2.18. The van der Waals surface area contributed by atoms with Gasteiger partial charge in [0.1, 0.15) is 0 Å². The monoisotopic (exact) mass is 427 g/mol. The van der Waals surface area contributed by atoms with Gasteiger partial charge in [0.15, 0.2) is 5.96 Å². The lowest BCUT2D eigenvalue weighted by atomic mass is 10.2. The molecule has 3 aromatic rings. The topological polar surface area (TPSA) is 84.6 Å². The van der Waals surface area contributed by atoms with Crippen LogP contribution in [0.1, 0.15) is 18.4 Å². The largest absolute Gasteiger partial charge is 0.375 e. The van der Waals surface area contributed by atoms with Crippen molar-refractivity contribution in [2.75, 3.05) is 26.2 Å². The fourth-order valence-electron chi connectivity index (χ4n) is 2.69. The van der Waals surface area contributed by atoms with Crippen molar-refractivity contribution in [2.45, 2.75) is 20.0 Å². The van der Waals surface area contributed by atoms with Gasteiger partial charge in [0.05, 0.1) is 19.8 Å². The zero-order valence-corrected chi connectivity index (χ0v) is 17.7. The molecule has 2 N–H and O–H groups in total. The standard InChI is InChI=1S/C22H26ClN5O2/c1-2-24-22(26-14-15-29-16-17-6-4-3-5-7-17)25-13-12-20-27-21(28-30-20)18-8-10-19(23)11-9-18/h3-11H,2,12-16H2,1H3,(H2,24,25,26). The first-order valence-electron chi connectivity index (χ1n) is 9.97. The molecular weight excluding hydrogens is 402 g/mol. The molecule has 0 spiro atoms. The van der Waals surface area contributed by atoms with Crippen LogP contribution in [-0.4, -0.2) is 42.3 Å². The van der Waals surface area contributed by atoms with E-state index < -0.39 is 0 Å². The second-order valence-corrected chi connectivity index (χ2v) is 6.93. The van der Waals surface area contributed by atoms with E-state index in [-0.39, 0.29) is 0 Å². The molecule has 3 rings (SSSR count). The molecule has 2 aromatic carbocycles. The van der Waals surface area contributed by atoms with E-state index in [4.69, 9.17) is 20.9 Å². The summed E-state index contributed by atoms with van der Waals surface area (Å²) in [5, 5.41) is 11.2. The van der Waals surface area contributed by atoms with E-state index in [1.807, 2.05) is 49.4 Å². The van der Waals surface area contributed by atoms with Gasteiger partial charge in [-0.05, 0) is 36.8 Å². The Morgan fingerprint density at radius 2 is 1.90 bits per heavy atom. The normalized spacial score (nSPS) is 11.5. The zero-order valence-electron chi connectivity index (χ0n) is 17.0. The van der Waals surface area contributed by atoms with Crippen LogP contribution in [0.15, 0.2) is 64.1 Å². The van der Waals surface area contributed by atoms with Crippen LogP contribution in [0.2, 0.25) is 5.02 Å². The van der Waals surface area contributed by atoms with Crippen molar-refractivity contribution in [1.29, 1.82) is 0 Å². The molecule has 1 heterocycles. The molecule has 0 fully saturated rings. The first kappa shape index (κ1) is 21.8. The van der Waals surface area contributed by atoms with Crippen molar-refractivity contribution in [3.05, 3.63) is 71.1 Å². The summed E-state index contributed by atoms with van der Waals surface area (Å²) in [6, 6.07) is 17.4. The van der Waals surface area contributed by atoms with Gasteiger partial charge in [-0.25, -0.2) is 0 Å². The van der Waals surface area contributed by atoms with Crippen LogP contribution in [0.25, 0.3) is 11.4 Å². The minimum absolute atomic E-state index is 0.554. The fraction of sp³-hybridized carbons (Fsp3) is 0.318. The number of guanidine groups is 1. The van der Waals surface area contributed by atoms with Crippen LogP contribution >= 0.6 is 11.6 Å². The Bertz CT molecular complexity index is 913. The highest BCUT2D eigenvalue weighted by molar-refractivity contribution is 6.30. The van der Waals surface area contributed by atoms with Gasteiger partial charge in [-0.15, -0.1) is 0 Å². The number of benzene rings is 2. The average molecular weight is 428 g/mol. The molecule has 0 atom stereocenters. The first-order chi connectivity index (χ1) is 14.7. The van der Waals surface area contributed by atoms with Crippen molar-refractivity contribution in [3.8, 4) is 11.4 Å². The van der Waals surface area contributed by atoms with Crippen molar-refractivity contribution >= 4 is 17.6 Å². The van der Waals surface area contributed by atoms with Crippen LogP contribution < -0.4 is 10.6 Å². The lowest BCUT2D eigenvalue weighted by Gasteiger charge is -2.10. The van der Waals surface area contributed by atoms with Gasteiger partial charge < -0.3 is 19.9 Å². The third-order valence-electron chi connectivity index (χ3n) is 4.16. The van der Waals surface area contributed by atoms with Gasteiger partial charge in [-0.2, -0.15) is 4.98 Å². The molecule has 0 bridgehead atoms. The number of aromatic nitrogens is 2. The number of hydrogen-bond donors (Lipinski definition) is 2. The summed E-state index contributed by atoms with van der Waals surface area (Å²) in [5.41, 5.74) is 2.02. The van der Waals surface area contributed by atoms with Crippen molar-refractivity contribution < 1.29 is 9.26 Å². The molecule has 0 unspecified atom stereocenters. The summed E-state index contributed by atoms with van der Waals surface area (Å²) < 4.78 is 11.0. The van der Waals surface area contributed by atoms with E-state index >= 15 is 0 Å². The van der Waals surface area contributed by atoms with Crippen LogP contribution in [0, 0.1) is 0 Å². The fourth-order valence-corrected chi connectivity index (χ4v) is 2.81. The molecule has 158 valence electrons. The lowest BCUT2D eigenvalue weighted by Crippen LogP contribution is -2.38. The Morgan fingerprint density at radius 1 is 1.10 bits per heavy atom. The second kappa shape index (κ2) is 11.9. The van der Waals surface area contributed by atoms with Gasteiger partial charge in [0.2, 0.25) is 11.7 Å². The molecule has 0 saturated carbocycles. The summed E-state index contributed by atoms with van der Waals surface area (Å²) in [6.07, 6.45) is 0.593. The van der Waals surface area contributed by atoms with Crippen LogP contribution in [0.5, 0.6) is 0 Å². The van der Waals surface area contributed by atoms with E-state index in [2.05, 4.69) is 25.8 Å². The molecule has 8 heteroatoms. The van der Waals surface area contributed by atoms with Gasteiger partial charge in [0, 0.05) is 30.1 Å². The maximum atomic E-state index is 5.91. The quantitative estimate of drug-likeness (QED) is 0.291. The van der Waals surface area contributed by atoms with Crippen molar-refractivity contribution in [2.24, 2.45) is 4.99 Å². The van der Waals surface area contributed by atoms with Gasteiger partial charge in [0.25, 0.3) is 0 Å². The molecule has 0 amide bonds. The highest BCUT2D eigenvalue weighted by Gasteiger charge is 2.08. The number of hydrogen-bond acceptors (Lipinski definition) is 5. The number of nitrogens with one attached hydrogen (secondary N) is 2. The minimum Gasteiger partial charge on any atom is -0.375 e. The SMILES string of the molecule is CCNC(=NCCOCc1ccccc1)NCCc1nc(-c2ccc(Cl)cc2)no1. The first-order valence-corrected chi connectivity index (χ1v) is 10.3. The third kappa shape index (κ3) is 7.17. The third-order valence-corrected chi connectivity index (χ3v) is 4.42. The smallest absolute Gasteiger partial charge is 0.228 e. The zero-order chi connectivity index (χ0) is 21.0. The Balaban J connectivity index is 1.41. The maximum absolute atomic E-state index is 5.91. The molecule has 30 heavy (non-hydrogen) atoms. The predicted molar refractivity (Wildman–Crippen MR) is 119 cm³/mol. The van der Waals surface area contributed by atoms with Gasteiger partial charge in [-0.1, -0.05) is 47.1 Å². The second-order valence-electron chi connectivity index (χ2n) is 6.49. The molecule has 0 aliphatic heterocycles. The van der Waals surface area contributed by atoms with Crippen molar-refractivity contribution in [1.82, 2.24) is 20.8 Å². The summed E-state index contributed by atoms with van der Waals surface area (Å²) >= 11 is 5.91. The van der Waals surface area contributed by atoms with E-state index in [1.165, 1.54) is 0 Å². The van der Waals surface area contributed by atoms with E-state index in [1.54, 1.807) is 12.1 Å². The number of rotatable bonds is 10. The molecule has 1 aromatic heterocycles. The molecular formula is C22H26ClN5O2. The highest BCUT2D eigenvalue weighted by atomic mass is 35.5. The molecule has 0 aliphatic carbocycles. The molecule has 0 saturated heterocycles. The Morgan fingerprint density at radius 3 is 2.67 bits per heavy atom. The molecule has 0 aliphatic rings. The number of halogens is 1. The number of nitrogens with zero attached hydrogens (tertiary/aromatic N) is 3. The van der Waals surface area contributed by atoms with E-state index in [0.29, 0.717) is 49.5 Å². The lowest BCUT2D eigenvalue weighted by molar-refractivity contribution is 0.128. The Labute approximate surface area is 181 Å². The minimum atomic E-state index is 0.554. The van der Waals surface area contributed by atoms with Crippen LogP contribution in [-0.2, 0) is 17.8 Å². The Kier molecular flexibility index (Phi) is 8.68. The average Bonchev–Trinajstić information content (AvgIpc) is 3.23. The van der Waals surface area contributed by atoms with Crippen LogP contribution in [0.3, 0.4) is 0 Å². The predicted octanol–water partition coefficient (Wildman–Crippen LogP) is 3.70. The van der Waals surface area contributed by atoms with Crippen molar-refractivity contribution in [3.63, 3.8) is 0 Å². The Hall–Kier alpha value is -2.90. The van der Waals surface area contributed by atoms with E-state index in [0.717, 1.165) is 23.6 Å². The van der Waals surface area contributed by atoms with E-state index in [9.17, 15) is 0 Å². The summed E-state index contributed by atoms with van der Waals surface area (Å²) in [4.78, 5) is 8.95. The van der Waals surface area contributed by atoms with Gasteiger partial charge in [-0.3, -0.25) is 4.99 Å². The summed E-state index contributed by atoms with van der Waals surface area (Å²) in [6.45, 7) is 5.15. The number of aliphatic imine (C=N–C) groups is 1. The van der Waals surface area contributed by atoms with Crippen LogP contribution in [0.4, 0.5) is 0 Å². The molecule has 7 nitrogen and oxygen atoms in total. The maximum Gasteiger partial charge on any atom is 0.228 e. The molecule has 0 radical (unpaired) electrons. The van der Waals surface area contributed by atoms with Gasteiger partial charge >= 0.3 is 0 Å². The summed E-state index contributed by atoms with van der Waals surface area (Å²) in [5.74, 6) is 1.85. The number of ether oxygens (including phenoxy) is 1. The summed E-state index contributed by atoms with van der Waals surface area (Å²) in [7, 11) is 0.